The van der Waals surface area contributed by atoms with Crippen LogP contribution in [-0.4, -0.2) is 30.1 Å². The number of halogens is 1. The van der Waals surface area contributed by atoms with Crippen molar-refractivity contribution in [3.63, 3.8) is 0 Å². The quantitative estimate of drug-likeness (QED) is 0.510. The molecule has 0 radical (unpaired) electrons. The van der Waals surface area contributed by atoms with E-state index in [4.69, 9.17) is 4.74 Å². The van der Waals surface area contributed by atoms with Gasteiger partial charge in [-0.2, -0.15) is 0 Å². The van der Waals surface area contributed by atoms with Gasteiger partial charge in [-0.25, -0.2) is 9.59 Å². The number of benzene rings is 1. The van der Waals surface area contributed by atoms with Crippen LogP contribution in [0.25, 0.3) is 0 Å². The van der Waals surface area contributed by atoms with Crippen molar-refractivity contribution in [1.29, 1.82) is 0 Å². The molecule has 4 saturated carbocycles. The zero-order valence-electron chi connectivity index (χ0n) is 15.0. The highest BCUT2D eigenvalue weighted by Gasteiger charge is 2.51. The van der Waals surface area contributed by atoms with Crippen molar-refractivity contribution >= 4 is 40.5 Å². The monoisotopic (exact) mass is 482 g/mol. The molecule has 6 nitrogen and oxygen atoms in total. The van der Waals surface area contributed by atoms with Crippen molar-refractivity contribution in [1.82, 2.24) is 10.6 Å². The normalized spacial score (nSPS) is 30.6. The highest BCUT2D eigenvalue weighted by Crippen LogP contribution is 2.55. The van der Waals surface area contributed by atoms with Gasteiger partial charge in [0.15, 0.2) is 6.61 Å². The van der Waals surface area contributed by atoms with Crippen LogP contribution in [0.2, 0.25) is 0 Å². The lowest BCUT2D eigenvalue weighted by molar-refractivity contribution is -0.123. The van der Waals surface area contributed by atoms with E-state index in [1.165, 1.54) is 19.3 Å². The number of ether oxygens (including phenoxy) is 1. The highest BCUT2D eigenvalue weighted by molar-refractivity contribution is 14.1. The van der Waals surface area contributed by atoms with Gasteiger partial charge < -0.3 is 10.1 Å². The molecule has 144 valence electrons. The van der Waals surface area contributed by atoms with E-state index in [9.17, 15) is 14.4 Å². The first-order chi connectivity index (χ1) is 12.9. The zero-order valence-corrected chi connectivity index (χ0v) is 17.2. The minimum Gasteiger partial charge on any atom is -0.452 e. The van der Waals surface area contributed by atoms with Crippen LogP contribution in [0, 0.1) is 21.3 Å². The Morgan fingerprint density at radius 2 is 1.56 bits per heavy atom. The maximum Gasteiger partial charge on any atom is 0.338 e. The van der Waals surface area contributed by atoms with Crippen molar-refractivity contribution in [3.05, 3.63) is 33.4 Å². The molecule has 5 rings (SSSR count). The van der Waals surface area contributed by atoms with Crippen molar-refractivity contribution in [2.45, 2.75) is 44.1 Å². The molecule has 0 heterocycles. The third-order valence-corrected chi connectivity index (χ3v) is 6.80. The van der Waals surface area contributed by atoms with Gasteiger partial charge >= 0.3 is 12.0 Å². The molecule has 7 heteroatoms. The summed E-state index contributed by atoms with van der Waals surface area (Å²) >= 11 is 2.14. The van der Waals surface area contributed by atoms with E-state index in [0.717, 1.165) is 22.8 Å². The molecule has 4 aliphatic carbocycles. The smallest absolute Gasteiger partial charge is 0.338 e. The van der Waals surface area contributed by atoms with Crippen LogP contribution in [-0.2, 0) is 9.53 Å². The second-order valence-electron chi connectivity index (χ2n) is 8.28. The molecule has 0 spiro atoms. The average Bonchev–Trinajstić information content (AvgIpc) is 2.58. The Kier molecular flexibility index (Phi) is 5.13. The Hall–Kier alpha value is -1.64. The van der Waals surface area contributed by atoms with Crippen LogP contribution in [0.15, 0.2) is 24.3 Å². The van der Waals surface area contributed by atoms with Gasteiger partial charge in [0, 0.05) is 9.11 Å². The van der Waals surface area contributed by atoms with Crippen molar-refractivity contribution < 1.29 is 19.1 Å². The second-order valence-corrected chi connectivity index (χ2v) is 9.53. The Labute approximate surface area is 171 Å². The standard InChI is InChI=1S/C20H23IN2O4/c21-16-3-1-15(2-4-16)18(25)27-11-17(24)22-19(26)23-20-8-12-5-13(9-20)7-14(6-12)10-20/h1-4,12-14H,5-11H2,(H2,22,23,24,26). The van der Waals surface area contributed by atoms with Crippen LogP contribution < -0.4 is 10.6 Å². The number of hydrogen-bond acceptors (Lipinski definition) is 4. The van der Waals surface area contributed by atoms with Gasteiger partial charge in [0.05, 0.1) is 5.56 Å². The number of hydrogen-bond donors (Lipinski definition) is 2. The molecule has 4 fully saturated rings. The Morgan fingerprint density at radius 3 is 2.11 bits per heavy atom. The predicted octanol–water partition coefficient (Wildman–Crippen LogP) is 3.24. The van der Waals surface area contributed by atoms with Crippen molar-refractivity contribution in [3.8, 4) is 0 Å². The van der Waals surface area contributed by atoms with E-state index in [0.29, 0.717) is 23.3 Å². The van der Waals surface area contributed by atoms with Gasteiger partial charge in [0.1, 0.15) is 0 Å². The molecule has 0 saturated heterocycles. The molecule has 1 aromatic rings. The average molecular weight is 482 g/mol. The van der Waals surface area contributed by atoms with E-state index in [-0.39, 0.29) is 5.54 Å². The van der Waals surface area contributed by atoms with E-state index in [2.05, 4.69) is 33.2 Å². The lowest BCUT2D eigenvalue weighted by Crippen LogP contribution is -2.62. The summed E-state index contributed by atoms with van der Waals surface area (Å²) in [6, 6.07) is 6.38. The van der Waals surface area contributed by atoms with Crippen LogP contribution in [0.4, 0.5) is 4.79 Å². The molecule has 2 N–H and O–H groups in total. The first-order valence-corrected chi connectivity index (χ1v) is 10.5. The molecular weight excluding hydrogens is 459 g/mol. The number of rotatable bonds is 4. The van der Waals surface area contributed by atoms with Gasteiger partial charge in [0.25, 0.3) is 5.91 Å². The molecule has 0 unspecified atom stereocenters. The minimum absolute atomic E-state index is 0.156. The lowest BCUT2D eigenvalue weighted by atomic mass is 9.53. The SMILES string of the molecule is O=C(COC(=O)c1ccc(I)cc1)NC(=O)NC12CC3CC(CC(C3)C1)C2. The Morgan fingerprint density at radius 1 is 1.00 bits per heavy atom. The summed E-state index contributed by atoms with van der Waals surface area (Å²) < 4.78 is 5.99. The Bertz CT molecular complexity index is 726. The largest absolute Gasteiger partial charge is 0.452 e. The second kappa shape index (κ2) is 7.41. The topological polar surface area (TPSA) is 84.5 Å². The number of carbonyl (C=O) groups excluding carboxylic acids is 3. The molecule has 0 aromatic heterocycles. The predicted molar refractivity (Wildman–Crippen MR) is 107 cm³/mol. The number of amides is 3. The van der Waals surface area contributed by atoms with Gasteiger partial charge in [0.2, 0.25) is 0 Å². The number of carbonyl (C=O) groups is 3. The molecule has 4 bridgehead atoms. The Balaban J connectivity index is 1.25. The fraction of sp³-hybridized carbons (Fsp3) is 0.550. The van der Waals surface area contributed by atoms with E-state index < -0.39 is 24.5 Å². The maximum atomic E-state index is 12.3. The first kappa shape index (κ1) is 18.7. The van der Waals surface area contributed by atoms with Gasteiger partial charge in [-0.3, -0.25) is 10.1 Å². The van der Waals surface area contributed by atoms with Crippen LogP contribution in [0.1, 0.15) is 48.9 Å². The first-order valence-electron chi connectivity index (χ1n) is 9.45. The third kappa shape index (κ3) is 4.28. The number of esters is 1. The summed E-state index contributed by atoms with van der Waals surface area (Å²) in [5.41, 5.74) is 0.220. The molecule has 1 aromatic carbocycles. The summed E-state index contributed by atoms with van der Waals surface area (Å²) in [4.78, 5) is 36.2. The van der Waals surface area contributed by atoms with E-state index in [1.807, 2.05) is 0 Å². The summed E-state index contributed by atoms with van der Waals surface area (Å²) in [6.07, 6.45) is 6.91. The van der Waals surface area contributed by atoms with Crippen LogP contribution >= 0.6 is 22.6 Å². The minimum atomic E-state index is -0.615. The zero-order chi connectivity index (χ0) is 19.0. The molecule has 0 aliphatic heterocycles. The maximum absolute atomic E-state index is 12.3. The molecular formula is C20H23IN2O4. The van der Waals surface area contributed by atoms with Gasteiger partial charge in [-0.05, 0) is 103 Å². The lowest BCUT2D eigenvalue weighted by Gasteiger charge is -2.56. The third-order valence-electron chi connectivity index (χ3n) is 6.08. The van der Waals surface area contributed by atoms with Crippen LogP contribution in [0.3, 0.4) is 0 Å². The van der Waals surface area contributed by atoms with E-state index in [1.54, 1.807) is 24.3 Å². The molecule has 27 heavy (non-hydrogen) atoms. The number of urea groups is 1. The number of nitrogens with one attached hydrogen (secondary N) is 2. The number of imide groups is 1. The van der Waals surface area contributed by atoms with Crippen LogP contribution in [0.5, 0.6) is 0 Å². The fourth-order valence-electron chi connectivity index (χ4n) is 5.50. The highest BCUT2D eigenvalue weighted by atomic mass is 127. The van der Waals surface area contributed by atoms with E-state index >= 15 is 0 Å². The fourth-order valence-corrected chi connectivity index (χ4v) is 5.86. The van der Waals surface area contributed by atoms with Crippen molar-refractivity contribution in [2.75, 3.05) is 6.61 Å². The van der Waals surface area contributed by atoms with Crippen molar-refractivity contribution in [2.24, 2.45) is 17.8 Å². The summed E-state index contributed by atoms with van der Waals surface area (Å²) in [5, 5.41) is 5.37. The van der Waals surface area contributed by atoms with Gasteiger partial charge in [-0.1, -0.05) is 0 Å². The summed E-state index contributed by atoms with van der Waals surface area (Å²) in [6.45, 7) is -0.473. The molecule has 3 amide bonds. The summed E-state index contributed by atoms with van der Waals surface area (Å²) in [7, 11) is 0. The summed E-state index contributed by atoms with van der Waals surface area (Å²) in [5.74, 6) is 0.936. The molecule has 4 aliphatic rings. The molecule has 0 atom stereocenters. The van der Waals surface area contributed by atoms with Gasteiger partial charge in [-0.15, -0.1) is 0 Å².